The number of ether oxygens (including phenoxy) is 6. The van der Waals surface area contributed by atoms with Crippen molar-refractivity contribution in [1.29, 1.82) is 0 Å². The number of halogens is 1. The van der Waals surface area contributed by atoms with E-state index in [1.807, 2.05) is 88.7 Å². The Balaban J connectivity index is 0.000000402. The van der Waals surface area contributed by atoms with E-state index in [1.165, 1.54) is 25.3 Å². The number of hydrogen-bond acceptors (Lipinski definition) is 17. The van der Waals surface area contributed by atoms with Crippen molar-refractivity contribution >= 4 is 51.0 Å². The maximum absolute atomic E-state index is 12.7. The average molecular weight is 1280 g/mol. The lowest BCUT2D eigenvalue weighted by molar-refractivity contribution is -0.174. The number of nitrogens with one attached hydrogen (secondary N) is 1. The van der Waals surface area contributed by atoms with Crippen LogP contribution in [-0.2, 0) is 62.2 Å². The van der Waals surface area contributed by atoms with Gasteiger partial charge >= 0.3 is 0 Å². The molecule has 5 aliphatic rings. The van der Waals surface area contributed by atoms with E-state index in [-0.39, 0.29) is 87.6 Å². The number of amides is 3. The summed E-state index contributed by atoms with van der Waals surface area (Å²) in [6.45, 7) is 13.4. The highest BCUT2D eigenvalue weighted by Crippen LogP contribution is 2.20. The van der Waals surface area contributed by atoms with Crippen molar-refractivity contribution < 1.29 is 67.4 Å². The van der Waals surface area contributed by atoms with Gasteiger partial charge in [-0.25, -0.2) is 0 Å². The number of hydrogen-bond donors (Lipinski definition) is 3. The van der Waals surface area contributed by atoms with Crippen molar-refractivity contribution in [3.8, 4) is 17.2 Å². The summed E-state index contributed by atoms with van der Waals surface area (Å²) in [6.07, 6.45) is 12.9. The minimum atomic E-state index is -0.168. The Hall–Kier alpha value is -5.78. The molecule has 3 aromatic carbocycles. The van der Waals surface area contributed by atoms with E-state index in [0.717, 1.165) is 80.4 Å². The van der Waals surface area contributed by atoms with Crippen LogP contribution >= 0.6 is 15.9 Å². The first-order valence-electron chi connectivity index (χ1n) is 29.8. The lowest BCUT2D eigenvalue weighted by atomic mass is 10.1. The van der Waals surface area contributed by atoms with Crippen molar-refractivity contribution in [2.24, 2.45) is 0 Å². The quantitative estimate of drug-likeness (QED) is 0.0864. The second-order valence-electron chi connectivity index (χ2n) is 21.5. The topological polar surface area (TPSA) is 226 Å². The van der Waals surface area contributed by atoms with E-state index >= 15 is 0 Å². The minimum absolute atomic E-state index is 0. The number of carbonyl (C=O) groups is 6. The number of Topliss-reactive ketones (excluding diaryl/α,β-unsaturated/α-hetero) is 3. The van der Waals surface area contributed by atoms with Gasteiger partial charge in [0.25, 0.3) is 0 Å². The van der Waals surface area contributed by atoms with E-state index in [1.54, 1.807) is 51.2 Å². The molecule has 87 heavy (non-hydrogen) atoms. The summed E-state index contributed by atoms with van der Waals surface area (Å²) in [4.78, 5) is 79.6. The van der Waals surface area contributed by atoms with Crippen LogP contribution in [0.25, 0.3) is 0 Å². The molecule has 0 saturated carbocycles. The highest BCUT2D eigenvalue weighted by molar-refractivity contribution is 9.09. The van der Waals surface area contributed by atoms with E-state index in [2.05, 4.69) is 26.1 Å². The molecule has 0 aromatic heterocycles. The molecule has 488 valence electrons. The maximum Gasteiger partial charge on any atom is 0.219 e. The Kier molecular flexibility index (Phi) is 39.7. The van der Waals surface area contributed by atoms with Crippen molar-refractivity contribution in [3.63, 3.8) is 0 Å². The molecule has 3 amide bonds. The lowest BCUT2D eigenvalue weighted by Gasteiger charge is -2.41. The number of aryl methyl sites for hydroxylation is 3. The van der Waals surface area contributed by atoms with Crippen LogP contribution in [0.3, 0.4) is 0 Å². The second kappa shape index (κ2) is 44.6. The van der Waals surface area contributed by atoms with Crippen LogP contribution in [0.2, 0.25) is 0 Å². The van der Waals surface area contributed by atoms with Crippen LogP contribution in [-0.4, -0.2) is 226 Å². The zero-order chi connectivity index (χ0) is 61.8. The molecular weight excluding hydrogens is 1180 g/mol. The van der Waals surface area contributed by atoms with Crippen molar-refractivity contribution in [3.05, 3.63) is 102 Å². The van der Waals surface area contributed by atoms with Crippen LogP contribution < -0.4 is 19.5 Å². The Labute approximate surface area is 527 Å². The third-order valence-corrected chi connectivity index (χ3v) is 15.8. The van der Waals surface area contributed by atoms with Gasteiger partial charge in [0.05, 0.1) is 84.5 Å². The van der Waals surface area contributed by atoms with Crippen LogP contribution in [0, 0.1) is 0 Å². The van der Waals surface area contributed by atoms with Gasteiger partial charge < -0.3 is 58.7 Å². The summed E-state index contributed by atoms with van der Waals surface area (Å²) in [5.41, 5.74) is 3.39. The zero-order valence-corrected chi connectivity index (χ0v) is 52.7. The molecule has 4 saturated heterocycles. The van der Waals surface area contributed by atoms with Gasteiger partial charge in [0.1, 0.15) is 34.6 Å². The predicted molar refractivity (Wildman–Crippen MR) is 344 cm³/mol. The molecule has 4 fully saturated rings. The lowest BCUT2D eigenvalue weighted by Crippen LogP contribution is -2.57. The van der Waals surface area contributed by atoms with Crippen LogP contribution in [0.5, 0.6) is 17.2 Å². The third-order valence-electron chi connectivity index (χ3n) is 15.1. The molecule has 3 N–H and O–H groups in total. The van der Waals surface area contributed by atoms with Gasteiger partial charge in [-0.1, -0.05) is 67.2 Å². The Bertz CT molecular complexity index is 2440. The number of carbonyl (C=O) groups excluding carboxylic acids is 6. The number of aliphatic hydroxyl groups excluding tert-OH is 2. The summed E-state index contributed by atoms with van der Waals surface area (Å²) >= 11 is 3.14. The number of nitrogens with zero attached hydrogens (tertiary/aromatic N) is 5. The first kappa shape index (κ1) is 77.3. The number of benzene rings is 3. The molecule has 0 spiro atoms. The van der Waals surface area contributed by atoms with Gasteiger partial charge in [-0.3, -0.25) is 38.6 Å². The van der Waals surface area contributed by atoms with E-state index in [4.69, 9.17) is 33.5 Å². The molecule has 4 atom stereocenters. The number of aliphatic hydroxyl groups is 2. The fourth-order valence-corrected chi connectivity index (χ4v) is 10.1. The minimum Gasteiger partial charge on any atom is -0.502 e. The number of allylic oxidation sites excluding steroid dienone is 1. The highest BCUT2D eigenvalue weighted by Gasteiger charge is 2.32. The zero-order valence-electron chi connectivity index (χ0n) is 51.1. The number of ketones is 3. The molecule has 0 bridgehead atoms. The monoisotopic (exact) mass is 1280 g/mol. The van der Waals surface area contributed by atoms with Crippen molar-refractivity contribution in [1.82, 2.24) is 29.8 Å². The van der Waals surface area contributed by atoms with Gasteiger partial charge in [0.2, 0.25) is 17.7 Å². The molecule has 8 rings (SSSR count). The van der Waals surface area contributed by atoms with E-state index in [0.29, 0.717) is 103 Å². The van der Waals surface area contributed by atoms with Gasteiger partial charge in [0.15, 0.2) is 6.29 Å². The van der Waals surface area contributed by atoms with Crippen molar-refractivity contribution in [2.45, 2.75) is 131 Å². The average Bonchev–Trinajstić information content (AvgIpc) is 3.46. The fourth-order valence-electron chi connectivity index (χ4n) is 9.79. The normalized spacial score (nSPS) is 19.1. The first-order valence-corrected chi connectivity index (χ1v) is 30.9. The summed E-state index contributed by atoms with van der Waals surface area (Å²) in [7, 11) is 4.91. The molecule has 0 radical (unpaired) electrons. The predicted octanol–water partition coefficient (Wildman–Crippen LogP) is 6.97. The van der Waals surface area contributed by atoms with Crippen LogP contribution in [0.15, 0.2) is 85.1 Å². The Morgan fingerprint density at radius 2 is 1.03 bits per heavy atom. The first-order chi connectivity index (χ1) is 41.1. The molecule has 0 aliphatic carbocycles. The molecule has 21 heteroatoms. The SMILES string of the molecule is C.C.C1=COCCC1.CC(=O)N1CCNC(CO)C1.COc1ccc(CCC(=O)CBr)cc1.COc1ccc(CCC(=O)CN2CCN(C(C)=O)CC2CO)cc1.COc1ccc(CCC(=O)CN2CCN(C(C)=O)CC2COC2CCCCO2)cc1. The van der Waals surface area contributed by atoms with Crippen LogP contribution in [0.4, 0.5) is 0 Å². The summed E-state index contributed by atoms with van der Waals surface area (Å²) < 4.78 is 31.9. The van der Waals surface area contributed by atoms with Gasteiger partial charge in [-0.2, -0.15) is 0 Å². The summed E-state index contributed by atoms with van der Waals surface area (Å²) in [6, 6.07) is 23.3. The number of alkyl halides is 1. The Morgan fingerprint density at radius 1 is 0.575 bits per heavy atom. The van der Waals surface area contributed by atoms with E-state index in [9.17, 15) is 33.9 Å². The molecular formula is C66H103BrN6O14. The standard InChI is InChI=1S/C23H34N2O5.C18H26N2O4.C11H13BrO2.C7H14N2O2.C5H8O.2CH4/c1-18(26)24-12-13-25(20(15-24)17-30-23-5-3-4-14-29-23)16-21(27)9-6-19-7-10-22(28-2)11-8-19;1-14(22)19-9-10-20(16(11-19)13-21)12-17(23)6-3-15-4-7-18(24-2)8-5-15;1-14-11-6-3-9(4-7-11)2-5-10(13)8-12;1-6(11)9-3-2-8-7(4-9)5-10;1-2-4-6-5-3-1;;/h7-8,10-11,20,23H,3-6,9,12-17H2,1-2H3;4-5,7-8,16,21H,3,6,9-13H2,1-2H3;3-4,6-7H,2,5,8H2,1H3;7-8,10H,2-5H2,1H3;2,4H,1,3,5H2;2*1H4. The fraction of sp³-hybridized carbons (Fsp3) is 0.606. The summed E-state index contributed by atoms with van der Waals surface area (Å²) in [5.74, 6) is 3.24. The summed E-state index contributed by atoms with van der Waals surface area (Å²) in [5, 5.41) is 21.9. The number of methoxy groups -OCH3 is 3. The van der Waals surface area contributed by atoms with Crippen LogP contribution in [0.1, 0.15) is 104 Å². The maximum atomic E-state index is 12.7. The van der Waals surface area contributed by atoms with Crippen molar-refractivity contribution in [2.75, 3.05) is 132 Å². The molecule has 5 aliphatic heterocycles. The largest absolute Gasteiger partial charge is 0.502 e. The molecule has 5 heterocycles. The van der Waals surface area contributed by atoms with Gasteiger partial charge in [0, 0.05) is 112 Å². The second-order valence-corrected chi connectivity index (χ2v) is 22.0. The van der Waals surface area contributed by atoms with E-state index < -0.39 is 0 Å². The Morgan fingerprint density at radius 3 is 1.40 bits per heavy atom. The smallest absolute Gasteiger partial charge is 0.219 e. The van der Waals surface area contributed by atoms with Gasteiger partial charge in [-0.05, 0) is 111 Å². The van der Waals surface area contributed by atoms with Gasteiger partial charge in [-0.15, -0.1) is 0 Å². The molecule has 3 aromatic rings. The number of rotatable bonds is 22. The molecule has 20 nitrogen and oxygen atoms in total. The number of piperazine rings is 3. The molecule has 4 unspecified atom stereocenters. The highest BCUT2D eigenvalue weighted by atomic mass is 79.9. The third kappa shape index (κ3) is 30.8.